The van der Waals surface area contributed by atoms with Crippen LogP contribution < -0.4 is 24.8 Å². The maximum Gasteiger partial charge on any atom is 0.333 e. The molecule has 3 amide bonds. The monoisotopic (exact) mass is 491 g/mol. The van der Waals surface area contributed by atoms with Crippen LogP contribution in [0.4, 0.5) is 10.5 Å². The molecule has 1 aliphatic heterocycles. The smallest absolute Gasteiger partial charge is 0.333 e. The van der Waals surface area contributed by atoms with Crippen molar-refractivity contribution in [2.45, 2.75) is 13.5 Å². The Morgan fingerprint density at radius 3 is 2.49 bits per heavy atom. The standard InChI is InChI=1S/C26H21ClN2O6/c1-2-34-23-13-17(8-11-22(23)35-15-16-6-9-18(10-7-16)25(31)32)12-21-24(30)29(26(33)28-21)20-5-3-4-19(27)14-20/h3-14H,2,15H2,1H3,(H,28,33)(H,31,32)/p-1. The SMILES string of the molecule is CCOc1cc(C=C2NC(=O)N(c3cccc(Cl)c3)C2=O)ccc1OCc1ccc(C(=O)[O-])cc1. The predicted molar refractivity (Wildman–Crippen MR) is 128 cm³/mol. The second kappa shape index (κ2) is 10.3. The zero-order valence-electron chi connectivity index (χ0n) is 18.6. The van der Waals surface area contributed by atoms with Crippen LogP contribution >= 0.6 is 11.6 Å². The number of carbonyl (C=O) groups excluding carboxylic acids is 3. The molecule has 1 fully saturated rings. The second-order valence-electron chi connectivity index (χ2n) is 7.52. The molecule has 0 saturated carbocycles. The van der Waals surface area contributed by atoms with E-state index >= 15 is 0 Å². The van der Waals surface area contributed by atoms with Crippen molar-refractivity contribution >= 4 is 41.3 Å². The minimum atomic E-state index is -1.24. The molecule has 1 aliphatic rings. The Morgan fingerprint density at radius 1 is 1.03 bits per heavy atom. The van der Waals surface area contributed by atoms with E-state index in [4.69, 9.17) is 21.1 Å². The first kappa shape index (κ1) is 23.8. The van der Waals surface area contributed by atoms with E-state index in [0.29, 0.717) is 34.4 Å². The Bertz CT molecular complexity index is 1320. The molecule has 4 rings (SSSR count). The average molecular weight is 492 g/mol. The molecule has 0 aromatic heterocycles. The van der Waals surface area contributed by atoms with Crippen LogP contribution in [0.1, 0.15) is 28.4 Å². The lowest BCUT2D eigenvalue weighted by molar-refractivity contribution is -0.255. The van der Waals surface area contributed by atoms with Crippen molar-refractivity contribution in [1.82, 2.24) is 5.32 Å². The number of nitrogens with zero attached hydrogens (tertiary/aromatic N) is 1. The van der Waals surface area contributed by atoms with Crippen LogP contribution in [0.3, 0.4) is 0 Å². The van der Waals surface area contributed by atoms with E-state index < -0.39 is 17.9 Å². The summed E-state index contributed by atoms with van der Waals surface area (Å²) in [5.74, 6) is -0.819. The molecular weight excluding hydrogens is 472 g/mol. The number of anilines is 1. The average Bonchev–Trinajstić information content (AvgIpc) is 3.11. The summed E-state index contributed by atoms with van der Waals surface area (Å²) >= 11 is 5.99. The van der Waals surface area contributed by atoms with Crippen molar-refractivity contribution < 1.29 is 29.0 Å². The molecule has 0 aliphatic carbocycles. The third-order valence-electron chi connectivity index (χ3n) is 5.11. The molecule has 8 nitrogen and oxygen atoms in total. The van der Waals surface area contributed by atoms with Gasteiger partial charge in [0.25, 0.3) is 5.91 Å². The maximum absolute atomic E-state index is 12.9. The molecule has 0 spiro atoms. The van der Waals surface area contributed by atoms with Gasteiger partial charge in [0, 0.05) is 5.02 Å². The van der Waals surface area contributed by atoms with Crippen molar-refractivity contribution in [3.05, 3.63) is 94.1 Å². The first-order valence-corrected chi connectivity index (χ1v) is 11.1. The van der Waals surface area contributed by atoms with Gasteiger partial charge in [0.1, 0.15) is 12.3 Å². The number of aromatic carboxylic acids is 1. The van der Waals surface area contributed by atoms with E-state index in [1.54, 1.807) is 54.6 Å². The molecule has 1 N–H and O–H groups in total. The summed E-state index contributed by atoms with van der Waals surface area (Å²) in [6.07, 6.45) is 1.55. The van der Waals surface area contributed by atoms with Crippen molar-refractivity contribution in [2.75, 3.05) is 11.5 Å². The number of rotatable bonds is 8. The summed E-state index contributed by atoms with van der Waals surface area (Å²) in [5, 5.41) is 13.9. The Labute approximate surface area is 206 Å². The number of hydrogen-bond acceptors (Lipinski definition) is 6. The van der Waals surface area contributed by atoms with Gasteiger partial charge in [-0.3, -0.25) is 4.79 Å². The number of nitrogens with one attached hydrogen (secondary N) is 1. The lowest BCUT2D eigenvalue weighted by Gasteiger charge is -2.13. The molecule has 178 valence electrons. The molecule has 0 radical (unpaired) electrons. The van der Waals surface area contributed by atoms with Gasteiger partial charge < -0.3 is 24.7 Å². The van der Waals surface area contributed by atoms with Crippen molar-refractivity contribution in [3.63, 3.8) is 0 Å². The lowest BCUT2D eigenvalue weighted by atomic mass is 10.1. The van der Waals surface area contributed by atoms with Crippen LogP contribution in [0.2, 0.25) is 5.02 Å². The number of ether oxygens (including phenoxy) is 2. The van der Waals surface area contributed by atoms with Gasteiger partial charge in [-0.1, -0.05) is 48.0 Å². The Kier molecular flexibility index (Phi) is 7.03. The first-order valence-electron chi connectivity index (χ1n) is 10.7. The number of carboxylic acid groups (broad SMARTS) is 1. The van der Waals surface area contributed by atoms with Crippen molar-refractivity contribution in [2.24, 2.45) is 0 Å². The van der Waals surface area contributed by atoms with Crippen LogP contribution in [-0.2, 0) is 11.4 Å². The number of carboxylic acids is 1. The van der Waals surface area contributed by atoms with Gasteiger partial charge in [0.2, 0.25) is 0 Å². The minimum absolute atomic E-state index is 0.0867. The summed E-state index contributed by atoms with van der Waals surface area (Å²) in [6, 6.07) is 17.2. The Hall–Kier alpha value is -4.30. The Morgan fingerprint density at radius 2 is 1.80 bits per heavy atom. The highest BCUT2D eigenvalue weighted by molar-refractivity contribution is 6.32. The van der Waals surface area contributed by atoms with Gasteiger partial charge in [0.15, 0.2) is 11.5 Å². The molecule has 0 unspecified atom stereocenters. The summed E-state index contributed by atoms with van der Waals surface area (Å²) < 4.78 is 11.6. The molecule has 3 aromatic rings. The second-order valence-corrected chi connectivity index (χ2v) is 7.96. The van der Waals surface area contributed by atoms with Crippen molar-refractivity contribution in [1.29, 1.82) is 0 Å². The topological polar surface area (TPSA) is 108 Å². The molecule has 0 atom stereocenters. The van der Waals surface area contributed by atoms with Crippen LogP contribution in [0, 0.1) is 0 Å². The highest BCUT2D eigenvalue weighted by Crippen LogP contribution is 2.31. The van der Waals surface area contributed by atoms with E-state index in [2.05, 4.69) is 5.32 Å². The fourth-order valence-electron chi connectivity index (χ4n) is 3.45. The maximum atomic E-state index is 12.9. The van der Waals surface area contributed by atoms with Gasteiger partial charge in [-0.25, -0.2) is 9.69 Å². The quantitative estimate of drug-likeness (QED) is 0.379. The number of halogens is 1. The van der Waals surface area contributed by atoms with Gasteiger partial charge in [-0.05, 0) is 60.0 Å². The van der Waals surface area contributed by atoms with E-state index in [9.17, 15) is 19.5 Å². The summed E-state index contributed by atoms with van der Waals surface area (Å²) in [4.78, 5) is 37.2. The Balaban J connectivity index is 1.52. The molecule has 1 heterocycles. The number of benzene rings is 3. The van der Waals surface area contributed by atoms with Gasteiger partial charge in [0.05, 0.1) is 18.3 Å². The lowest BCUT2D eigenvalue weighted by Crippen LogP contribution is -2.30. The first-order chi connectivity index (χ1) is 16.9. The molecule has 1 saturated heterocycles. The normalized spacial score (nSPS) is 14.2. The summed E-state index contributed by atoms with van der Waals surface area (Å²) in [6.45, 7) is 2.41. The zero-order valence-corrected chi connectivity index (χ0v) is 19.4. The number of hydrogen-bond donors (Lipinski definition) is 1. The molecule has 0 bridgehead atoms. The summed E-state index contributed by atoms with van der Waals surface area (Å²) in [5.41, 5.74) is 1.96. The number of amides is 3. The van der Waals surface area contributed by atoms with E-state index in [1.807, 2.05) is 6.92 Å². The number of urea groups is 1. The van der Waals surface area contributed by atoms with E-state index in [1.165, 1.54) is 18.2 Å². The van der Waals surface area contributed by atoms with E-state index in [0.717, 1.165) is 10.5 Å². The van der Waals surface area contributed by atoms with E-state index in [-0.39, 0.29) is 17.9 Å². The van der Waals surface area contributed by atoms with Crippen LogP contribution in [0.25, 0.3) is 6.08 Å². The molecular formula is C26H20ClN2O6-. The van der Waals surface area contributed by atoms with Crippen molar-refractivity contribution in [3.8, 4) is 11.5 Å². The third kappa shape index (κ3) is 5.44. The fourth-order valence-corrected chi connectivity index (χ4v) is 3.64. The largest absolute Gasteiger partial charge is 0.545 e. The predicted octanol–water partition coefficient (Wildman–Crippen LogP) is 3.78. The molecule has 3 aromatic carbocycles. The van der Waals surface area contributed by atoms with Gasteiger partial charge in [-0.15, -0.1) is 0 Å². The number of carbonyl (C=O) groups is 3. The molecule has 35 heavy (non-hydrogen) atoms. The highest BCUT2D eigenvalue weighted by atomic mass is 35.5. The van der Waals surface area contributed by atoms with Gasteiger partial charge >= 0.3 is 6.03 Å². The summed E-state index contributed by atoms with van der Waals surface area (Å²) in [7, 11) is 0. The molecule has 9 heteroatoms. The minimum Gasteiger partial charge on any atom is -0.545 e. The highest BCUT2D eigenvalue weighted by Gasteiger charge is 2.35. The number of imide groups is 1. The van der Waals surface area contributed by atoms with Gasteiger partial charge in [-0.2, -0.15) is 0 Å². The fraction of sp³-hybridized carbons (Fsp3) is 0.115. The van der Waals surface area contributed by atoms with Crippen LogP contribution in [0.5, 0.6) is 11.5 Å². The zero-order chi connectivity index (χ0) is 24.9. The van der Waals surface area contributed by atoms with Crippen LogP contribution in [0.15, 0.2) is 72.4 Å². The third-order valence-corrected chi connectivity index (χ3v) is 5.34. The van der Waals surface area contributed by atoms with Crippen LogP contribution in [-0.4, -0.2) is 24.5 Å².